The first-order valence-corrected chi connectivity index (χ1v) is 35.3. The molecule has 8 N–H and O–H groups in total. The van der Waals surface area contributed by atoms with Gasteiger partial charge in [-0.2, -0.15) is 20.4 Å². The zero-order valence-corrected chi connectivity index (χ0v) is 54.2. The minimum absolute atomic E-state index is 0. The molecule has 4 aromatic heterocycles. The molecule has 0 amide bonds. The van der Waals surface area contributed by atoms with Crippen molar-refractivity contribution in [3.8, 4) is 23.0 Å². The highest BCUT2D eigenvalue weighted by Gasteiger charge is 2.13. The van der Waals surface area contributed by atoms with Crippen molar-refractivity contribution in [2.45, 2.75) is 27.3 Å². The SMILES string of the molecule is C.C=S(=O)(N/N=C/c1c(O)ccc2ccccc12)c1ccc(Cl)cn1.C=S(=O)(N/N=C/c1c(O)ccc2ccccc12)c1ccc(Cl)nc1.C=S(=O)(N/N=C/c1c(O)ccc2ccccc12)c1ccccn1.C=S(=O)(N/N=C/c1c(O)ccc2ccccc12)c1cccnc1. The number of fused-ring (bicyclic) bond motifs is 4. The molecule has 20 nitrogen and oxygen atoms in total. The van der Waals surface area contributed by atoms with E-state index in [-0.39, 0.29) is 35.5 Å². The molecule has 4 unspecified atom stereocenters. The summed E-state index contributed by atoms with van der Waals surface area (Å²) in [6.45, 7) is 0. The number of rotatable bonds is 16. The summed E-state index contributed by atoms with van der Waals surface area (Å²) >= 11 is 11.5. The van der Waals surface area contributed by atoms with Gasteiger partial charge in [0.2, 0.25) is 0 Å². The van der Waals surface area contributed by atoms with Crippen LogP contribution in [-0.4, -0.2) is 106 Å². The lowest BCUT2D eigenvalue weighted by molar-refractivity contribution is 0.475. The van der Waals surface area contributed by atoms with Crippen LogP contribution in [0.3, 0.4) is 0 Å². The van der Waals surface area contributed by atoms with Gasteiger partial charge in [0.15, 0.2) is 0 Å². The molecule has 0 saturated carbocycles. The number of nitrogens with one attached hydrogen (secondary N) is 4. The summed E-state index contributed by atoms with van der Waals surface area (Å²) < 4.78 is 50.0. The van der Waals surface area contributed by atoms with Crippen molar-refractivity contribution < 1.29 is 37.3 Å². The lowest BCUT2D eigenvalue weighted by Crippen LogP contribution is -2.19. The fourth-order valence-electron chi connectivity index (χ4n) is 8.78. The topological polar surface area (TPSA) is 298 Å². The van der Waals surface area contributed by atoms with Crippen molar-refractivity contribution in [3.63, 3.8) is 0 Å². The number of phenols is 4. The van der Waals surface area contributed by atoms with Crippen molar-refractivity contribution in [1.82, 2.24) is 39.3 Å². The smallest absolute Gasteiger partial charge is 0.139 e. The minimum atomic E-state index is -2.91. The number of hydrogen-bond donors (Lipinski definition) is 8. The molecule has 95 heavy (non-hydrogen) atoms. The van der Waals surface area contributed by atoms with Gasteiger partial charge in [-0.1, -0.05) is 158 Å². The van der Waals surface area contributed by atoms with Crippen LogP contribution >= 0.6 is 23.2 Å². The van der Waals surface area contributed by atoms with Crippen LogP contribution in [0.5, 0.6) is 23.0 Å². The second-order valence-electron chi connectivity index (χ2n) is 20.0. The normalized spacial score (nSPS) is 13.7. The number of pyridine rings is 4. The van der Waals surface area contributed by atoms with E-state index in [0.29, 0.717) is 47.2 Å². The van der Waals surface area contributed by atoms with E-state index in [1.807, 2.05) is 121 Å². The van der Waals surface area contributed by atoms with Crippen molar-refractivity contribution in [1.29, 1.82) is 0 Å². The van der Waals surface area contributed by atoms with Gasteiger partial charge in [-0.05, 0) is 139 Å². The zero-order valence-electron chi connectivity index (χ0n) is 49.5. The zero-order chi connectivity index (χ0) is 66.9. The summed E-state index contributed by atoms with van der Waals surface area (Å²) in [4.78, 5) is 26.8. The van der Waals surface area contributed by atoms with E-state index in [4.69, 9.17) is 23.2 Å². The van der Waals surface area contributed by atoms with Crippen LogP contribution in [0.1, 0.15) is 29.7 Å². The molecule has 0 aliphatic carbocycles. The van der Waals surface area contributed by atoms with Crippen LogP contribution in [0.2, 0.25) is 10.2 Å². The standard InChI is InChI=1S/2C17H14ClN3O2S.2C17H15N3O2S.CH4/c1-24(23,13-7-9-17(18)19-10-13)21-20-11-15-14-5-3-2-4-12(14)6-8-16(15)22;1-24(23,17-9-7-13(18)10-19-17)21-20-11-15-14-5-3-2-4-12(14)6-8-16(15)22;1-23(22,17-8-4-5-11-18-17)20-19-12-15-14-7-3-2-6-13(14)9-10-16(15)21;1-23(22,14-6-4-10-18-11-14)20-19-12-16-15-7-3-2-5-13(15)8-9-17(16)21;/h2*2-11,22H,1H2,(H,21,23);2*2-12,21H,1H2,(H,20,22);1H4/b2*20-11+;2*19-12+;. The number of aromatic hydroxyl groups is 4. The highest BCUT2D eigenvalue weighted by atomic mass is 35.5. The number of phenolic OH excluding ortho intramolecular Hbond substituents is 4. The monoisotopic (exact) mass is 1380 g/mol. The summed E-state index contributed by atoms with van der Waals surface area (Å²) in [5.41, 5.74) is 2.16. The van der Waals surface area contributed by atoms with Crippen LogP contribution < -0.4 is 19.3 Å². The second-order valence-corrected chi connectivity index (χ2v) is 28.7. The van der Waals surface area contributed by atoms with Gasteiger partial charge in [-0.3, -0.25) is 4.98 Å². The Morgan fingerprint density at radius 2 is 0.726 bits per heavy atom. The van der Waals surface area contributed by atoms with Crippen LogP contribution in [0.15, 0.2) is 271 Å². The molecule has 0 aliphatic heterocycles. The third-order valence-electron chi connectivity index (χ3n) is 13.5. The number of benzene rings is 8. The fraction of sp³-hybridized carbons (Fsp3) is 0.0145. The molecule has 12 aromatic rings. The number of hydrazone groups is 4. The Labute approximate surface area is 560 Å². The predicted octanol–water partition coefficient (Wildman–Crippen LogP) is 12.2. The minimum Gasteiger partial charge on any atom is -0.507 e. The Morgan fingerprint density at radius 1 is 0.358 bits per heavy atom. The maximum absolute atomic E-state index is 12.6. The molecular weight excluding hydrogens is 1320 g/mol. The second kappa shape index (κ2) is 31.6. The maximum Gasteiger partial charge on any atom is 0.139 e. The van der Waals surface area contributed by atoms with Crippen LogP contribution in [-0.2, 0) is 38.8 Å². The lowest BCUT2D eigenvalue weighted by atomic mass is 10.0. The number of halogens is 2. The Bertz CT molecular complexity index is 4960. The summed E-state index contributed by atoms with van der Waals surface area (Å²) in [7, 11) is -11.4. The van der Waals surface area contributed by atoms with E-state index in [2.05, 4.69) is 83.1 Å². The van der Waals surface area contributed by atoms with Crippen molar-refractivity contribution >= 4 is 153 Å². The van der Waals surface area contributed by atoms with Gasteiger partial charge in [0.25, 0.3) is 0 Å². The lowest BCUT2D eigenvalue weighted by Gasteiger charge is -2.09. The predicted molar refractivity (Wildman–Crippen MR) is 393 cm³/mol. The summed E-state index contributed by atoms with van der Waals surface area (Å²) in [5.74, 6) is 14.9. The van der Waals surface area contributed by atoms with Gasteiger partial charge >= 0.3 is 0 Å². The van der Waals surface area contributed by atoms with Gasteiger partial charge in [-0.15, -0.1) is 0 Å². The molecule has 0 radical (unpaired) electrons. The van der Waals surface area contributed by atoms with Gasteiger partial charge in [0, 0.05) is 53.2 Å². The van der Waals surface area contributed by atoms with Crippen LogP contribution in [0.4, 0.5) is 0 Å². The number of nitrogens with zero attached hydrogens (tertiary/aromatic N) is 8. The maximum atomic E-state index is 12.6. The van der Waals surface area contributed by atoms with Crippen molar-refractivity contribution in [2.24, 2.45) is 20.4 Å². The molecule has 4 heterocycles. The molecule has 0 saturated heterocycles. The molecule has 0 bridgehead atoms. The molecule has 484 valence electrons. The quantitative estimate of drug-likeness (QED) is 0.0194. The molecule has 0 spiro atoms. The number of aromatic nitrogens is 4. The summed E-state index contributed by atoms with van der Waals surface area (Å²) in [6, 6.07) is 58.8. The first-order valence-electron chi connectivity index (χ1n) is 27.7. The highest BCUT2D eigenvalue weighted by Crippen LogP contribution is 2.29. The third kappa shape index (κ3) is 18.3. The molecule has 0 fully saturated rings. The first-order chi connectivity index (χ1) is 45.1. The largest absolute Gasteiger partial charge is 0.507 e. The fourth-order valence-corrected chi connectivity index (χ4v) is 12.4. The van der Waals surface area contributed by atoms with E-state index < -0.39 is 38.8 Å². The Balaban J connectivity index is 0.000000162. The van der Waals surface area contributed by atoms with E-state index in [9.17, 15) is 37.3 Å². The van der Waals surface area contributed by atoms with E-state index in [1.165, 1.54) is 55.6 Å². The van der Waals surface area contributed by atoms with E-state index in [0.717, 1.165) is 43.1 Å². The number of hydrogen-bond acceptors (Lipinski definition) is 16. The molecule has 12 rings (SSSR count). The summed E-state index contributed by atoms with van der Waals surface area (Å²) in [6.07, 6.45) is 13.1. The highest BCUT2D eigenvalue weighted by molar-refractivity contribution is 7.99. The first kappa shape index (κ1) is 70.0. The molecule has 26 heteroatoms. The van der Waals surface area contributed by atoms with E-state index in [1.54, 1.807) is 79.1 Å². The van der Waals surface area contributed by atoms with Crippen molar-refractivity contribution in [2.75, 3.05) is 0 Å². The Morgan fingerprint density at radius 3 is 1.06 bits per heavy atom. The van der Waals surface area contributed by atoms with Crippen LogP contribution in [0.25, 0.3) is 43.1 Å². The average Bonchev–Trinajstić information content (AvgIpc) is 0.960. The molecule has 4 atom stereocenters. The van der Waals surface area contributed by atoms with E-state index >= 15 is 0 Å². The molecular formula is C69H62Cl2N12O8S4. The molecule has 0 aliphatic rings. The van der Waals surface area contributed by atoms with Gasteiger partial charge in [-0.25, -0.2) is 51.1 Å². The Hall–Kier alpha value is -10.9. The third-order valence-corrected chi connectivity index (χ3v) is 19.4. The van der Waals surface area contributed by atoms with Crippen LogP contribution in [0, 0.1) is 0 Å². The van der Waals surface area contributed by atoms with Gasteiger partial charge in [0.05, 0.1) is 59.1 Å². The Kier molecular flexibility index (Phi) is 23.3. The van der Waals surface area contributed by atoms with Gasteiger partial charge in [0.1, 0.15) is 57.6 Å². The average molecular weight is 1390 g/mol. The van der Waals surface area contributed by atoms with Gasteiger partial charge < -0.3 is 20.4 Å². The van der Waals surface area contributed by atoms with Crippen molar-refractivity contribution in [3.05, 3.63) is 264 Å². The molecule has 8 aromatic carbocycles. The summed E-state index contributed by atoms with van der Waals surface area (Å²) in [5, 5.41) is 64.7.